The van der Waals surface area contributed by atoms with Gasteiger partial charge in [-0.3, -0.25) is 14.7 Å². The predicted octanol–water partition coefficient (Wildman–Crippen LogP) is 3.44. The van der Waals surface area contributed by atoms with Crippen LogP contribution in [0.15, 0.2) is 53.6 Å². The standard InChI is InChI=1S/C19H11N3O4S2/c23-15-6-5-11(8-12(15)18(25)26)22-17(24)16(28-19(22)27)7-10-9-20-13-3-1-2-4-14(13)21-10/h1-9,23H,(H,25,26). The molecule has 3 aromatic rings. The molecule has 0 saturated carbocycles. The number of carbonyl (C=O) groups is 2. The van der Waals surface area contributed by atoms with Crippen LogP contribution in [0.25, 0.3) is 17.1 Å². The molecular formula is C19H11N3O4S2. The average Bonchev–Trinajstić information content (AvgIpc) is 2.95. The number of hydrogen-bond donors (Lipinski definition) is 2. The SMILES string of the molecule is O=C(O)c1cc(N2C(=O)C(=Cc3cnc4ccccc4n3)SC2=S)ccc1O. The highest BCUT2D eigenvalue weighted by Crippen LogP contribution is 2.37. The molecule has 28 heavy (non-hydrogen) atoms. The molecule has 0 aliphatic carbocycles. The number of amides is 1. The van der Waals surface area contributed by atoms with Gasteiger partial charge in [-0.1, -0.05) is 36.1 Å². The minimum absolute atomic E-state index is 0.257. The van der Waals surface area contributed by atoms with Gasteiger partial charge in [-0.15, -0.1) is 0 Å². The van der Waals surface area contributed by atoms with Crippen LogP contribution in [-0.4, -0.2) is 36.4 Å². The monoisotopic (exact) mass is 409 g/mol. The summed E-state index contributed by atoms with van der Waals surface area (Å²) in [6.45, 7) is 0. The number of carboxylic acid groups (broad SMARTS) is 1. The number of thiocarbonyl (C=S) groups is 1. The van der Waals surface area contributed by atoms with Gasteiger partial charge in [-0.2, -0.15) is 0 Å². The number of anilines is 1. The van der Waals surface area contributed by atoms with E-state index in [0.717, 1.165) is 17.3 Å². The number of para-hydroxylation sites is 2. The zero-order valence-electron chi connectivity index (χ0n) is 14.1. The van der Waals surface area contributed by atoms with E-state index in [9.17, 15) is 19.8 Å². The highest BCUT2D eigenvalue weighted by Gasteiger charge is 2.34. The quantitative estimate of drug-likeness (QED) is 0.501. The molecule has 1 amide bonds. The maximum atomic E-state index is 12.8. The van der Waals surface area contributed by atoms with Gasteiger partial charge < -0.3 is 10.2 Å². The van der Waals surface area contributed by atoms with Crippen molar-refractivity contribution in [3.05, 3.63) is 64.8 Å². The number of benzene rings is 2. The number of carbonyl (C=O) groups excluding carboxylic acids is 1. The summed E-state index contributed by atoms with van der Waals surface area (Å²) in [5.41, 5.74) is 1.92. The lowest BCUT2D eigenvalue weighted by Gasteiger charge is -2.15. The Morgan fingerprint density at radius 3 is 2.68 bits per heavy atom. The van der Waals surface area contributed by atoms with Crippen LogP contribution in [-0.2, 0) is 4.79 Å². The Hall–Kier alpha value is -3.30. The fourth-order valence-electron chi connectivity index (χ4n) is 2.70. The molecule has 2 N–H and O–H groups in total. The van der Waals surface area contributed by atoms with Crippen molar-refractivity contribution in [3.8, 4) is 5.75 Å². The van der Waals surface area contributed by atoms with Crippen molar-refractivity contribution < 1.29 is 19.8 Å². The van der Waals surface area contributed by atoms with Crippen molar-refractivity contribution in [2.45, 2.75) is 0 Å². The molecule has 0 bridgehead atoms. The van der Waals surface area contributed by atoms with Crippen molar-refractivity contribution in [1.29, 1.82) is 0 Å². The van der Waals surface area contributed by atoms with Gasteiger partial charge in [-0.05, 0) is 36.4 Å². The molecule has 1 aliphatic rings. The second-order valence-corrected chi connectivity index (χ2v) is 7.48. The molecule has 0 spiro atoms. The summed E-state index contributed by atoms with van der Waals surface area (Å²) in [6, 6.07) is 11.3. The lowest BCUT2D eigenvalue weighted by atomic mass is 10.1. The van der Waals surface area contributed by atoms with Crippen LogP contribution in [0.5, 0.6) is 5.75 Å². The number of aromatic nitrogens is 2. The molecule has 0 unspecified atom stereocenters. The first-order valence-electron chi connectivity index (χ1n) is 8.00. The summed E-state index contributed by atoms with van der Waals surface area (Å²) in [5.74, 6) is -2.08. The van der Waals surface area contributed by atoms with Crippen LogP contribution in [0.2, 0.25) is 0 Å². The smallest absolute Gasteiger partial charge is 0.339 e. The third-order valence-corrected chi connectivity index (χ3v) is 5.31. The van der Waals surface area contributed by atoms with Crippen molar-refractivity contribution in [2.24, 2.45) is 0 Å². The normalized spacial score (nSPS) is 15.6. The average molecular weight is 409 g/mol. The van der Waals surface area contributed by atoms with E-state index in [4.69, 9.17) is 12.2 Å². The Bertz CT molecular complexity index is 1190. The molecule has 1 fully saturated rings. The van der Waals surface area contributed by atoms with E-state index in [1.807, 2.05) is 24.3 Å². The number of rotatable bonds is 3. The fourth-order valence-corrected chi connectivity index (χ4v) is 3.98. The second kappa shape index (κ2) is 7.02. The Balaban J connectivity index is 1.69. The number of carboxylic acids is 1. The first-order valence-corrected chi connectivity index (χ1v) is 9.22. The molecule has 1 aliphatic heterocycles. The minimum Gasteiger partial charge on any atom is -0.507 e. The molecule has 1 aromatic heterocycles. The van der Waals surface area contributed by atoms with Gasteiger partial charge >= 0.3 is 5.97 Å². The number of hydrogen-bond acceptors (Lipinski definition) is 7. The highest BCUT2D eigenvalue weighted by atomic mass is 32.2. The lowest BCUT2D eigenvalue weighted by molar-refractivity contribution is -0.113. The maximum Gasteiger partial charge on any atom is 0.339 e. The first kappa shape index (κ1) is 18.1. The van der Waals surface area contributed by atoms with Gasteiger partial charge in [0, 0.05) is 0 Å². The summed E-state index contributed by atoms with van der Waals surface area (Å²) in [4.78, 5) is 34.4. The van der Waals surface area contributed by atoms with Gasteiger partial charge in [-0.25, -0.2) is 9.78 Å². The third kappa shape index (κ3) is 3.21. The van der Waals surface area contributed by atoms with Gasteiger partial charge in [0.15, 0.2) is 4.32 Å². The Morgan fingerprint density at radius 1 is 1.18 bits per heavy atom. The molecule has 138 valence electrons. The van der Waals surface area contributed by atoms with Crippen molar-refractivity contribution in [2.75, 3.05) is 4.90 Å². The molecule has 0 atom stereocenters. The maximum absolute atomic E-state index is 12.8. The minimum atomic E-state index is -1.30. The van der Waals surface area contributed by atoms with Crippen LogP contribution >= 0.6 is 24.0 Å². The summed E-state index contributed by atoms with van der Waals surface area (Å²) in [6.07, 6.45) is 3.16. The van der Waals surface area contributed by atoms with Crippen molar-refractivity contribution >= 4 is 63.0 Å². The van der Waals surface area contributed by atoms with E-state index < -0.39 is 11.9 Å². The molecule has 2 heterocycles. The lowest BCUT2D eigenvalue weighted by Crippen LogP contribution is -2.27. The van der Waals surface area contributed by atoms with Gasteiger partial charge in [0.05, 0.1) is 33.5 Å². The number of fused-ring (bicyclic) bond motifs is 1. The molecule has 2 aromatic carbocycles. The zero-order chi connectivity index (χ0) is 19.8. The van der Waals surface area contributed by atoms with E-state index in [1.54, 1.807) is 12.3 Å². The molecule has 1 saturated heterocycles. The van der Waals surface area contributed by atoms with E-state index in [2.05, 4.69) is 9.97 Å². The summed E-state index contributed by atoms with van der Waals surface area (Å²) in [7, 11) is 0. The van der Waals surface area contributed by atoms with E-state index in [1.165, 1.54) is 23.1 Å². The van der Waals surface area contributed by atoms with Gasteiger partial charge in [0.1, 0.15) is 11.3 Å². The Kier molecular flexibility index (Phi) is 4.54. The van der Waals surface area contributed by atoms with E-state index in [-0.39, 0.29) is 21.3 Å². The van der Waals surface area contributed by atoms with E-state index in [0.29, 0.717) is 16.1 Å². The molecule has 4 rings (SSSR count). The Morgan fingerprint density at radius 2 is 1.93 bits per heavy atom. The van der Waals surface area contributed by atoms with Crippen molar-refractivity contribution in [1.82, 2.24) is 9.97 Å². The van der Waals surface area contributed by atoms with Crippen LogP contribution in [0.3, 0.4) is 0 Å². The largest absolute Gasteiger partial charge is 0.507 e. The number of aromatic hydroxyl groups is 1. The van der Waals surface area contributed by atoms with E-state index >= 15 is 0 Å². The third-order valence-electron chi connectivity index (χ3n) is 4.01. The topological polar surface area (TPSA) is 104 Å². The molecular weight excluding hydrogens is 398 g/mol. The van der Waals surface area contributed by atoms with Gasteiger partial charge in [0.2, 0.25) is 0 Å². The Labute approximate surface area is 168 Å². The van der Waals surface area contributed by atoms with Crippen LogP contribution in [0.1, 0.15) is 16.1 Å². The van der Waals surface area contributed by atoms with Crippen LogP contribution in [0.4, 0.5) is 5.69 Å². The van der Waals surface area contributed by atoms with Gasteiger partial charge in [0.25, 0.3) is 5.91 Å². The van der Waals surface area contributed by atoms with Crippen molar-refractivity contribution in [3.63, 3.8) is 0 Å². The molecule has 0 radical (unpaired) electrons. The number of aromatic carboxylic acids is 1. The zero-order valence-corrected chi connectivity index (χ0v) is 15.7. The molecule has 7 nitrogen and oxygen atoms in total. The summed E-state index contributed by atoms with van der Waals surface area (Å²) >= 11 is 6.38. The second-order valence-electron chi connectivity index (χ2n) is 5.81. The predicted molar refractivity (Wildman–Crippen MR) is 110 cm³/mol. The number of nitrogens with zero attached hydrogens (tertiary/aromatic N) is 3. The number of thioether (sulfide) groups is 1. The summed E-state index contributed by atoms with van der Waals surface area (Å²) < 4.78 is 0.257. The number of phenols is 1. The molecule has 9 heteroatoms. The fraction of sp³-hybridized carbons (Fsp3) is 0. The van der Waals surface area contributed by atoms with Crippen LogP contribution in [0, 0.1) is 0 Å². The highest BCUT2D eigenvalue weighted by molar-refractivity contribution is 8.27. The first-order chi connectivity index (χ1) is 13.4. The summed E-state index contributed by atoms with van der Waals surface area (Å²) in [5, 5.41) is 18.8. The van der Waals surface area contributed by atoms with Crippen LogP contribution < -0.4 is 4.90 Å².